The van der Waals surface area contributed by atoms with E-state index >= 15 is 0 Å². The molecule has 0 radical (unpaired) electrons. The fraction of sp³-hybridized carbons (Fsp3) is 0.462. The predicted molar refractivity (Wildman–Crippen MR) is 70.5 cm³/mol. The Bertz CT molecular complexity index is 534. The Balaban J connectivity index is 0.000000514. The first kappa shape index (κ1) is 12.4. The van der Waals surface area contributed by atoms with Crippen LogP contribution in [0.2, 0.25) is 5.15 Å². The number of rotatable bonds is 0. The summed E-state index contributed by atoms with van der Waals surface area (Å²) >= 11 is 6.03. The minimum atomic E-state index is 0.593. The van der Waals surface area contributed by atoms with Gasteiger partial charge in [-0.3, -0.25) is 0 Å². The molecule has 1 aliphatic rings. The summed E-state index contributed by atoms with van der Waals surface area (Å²) in [6.45, 7) is 7.39. The van der Waals surface area contributed by atoms with Crippen molar-refractivity contribution < 1.29 is 4.74 Å². The highest BCUT2D eigenvalue weighted by molar-refractivity contribution is 6.30. The number of nitrogens with zero attached hydrogens (tertiary/aromatic N) is 1. The van der Waals surface area contributed by atoms with Gasteiger partial charge in [-0.2, -0.15) is 0 Å². The molecule has 0 aromatic carbocycles. The van der Waals surface area contributed by atoms with Crippen molar-refractivity contribution in [3.63, 3.8) is 0 Å². The van der Waals surface area contributed by atoms with E-state index < -0.39 is 0 Å². The van der Waals surface area contributed by atoms with Crippen LogP contribution in [0.5, 0.6) is 0 Å². The smallest absolute Gasteiger partial charge is 0.132 e. The Morgan fingerprint density at radius 1 is 1.41 bits per heavy atom. The van der Waals surface area contributed by atoms with Gasteiger partial charge in [-0.1, -0.05) is 25.4 Å². The van der Waals surface area contributed by atoms with Crippen molar-refractivity contribution in [1.82, 2.24) is 9.97 Å². The van der Waals surface area contributed by atoms with Crippen LogP contribution in [0.3, 0.4) is 0 Å². The average Bonchev–Trinajstić information content (AvgIpc) is 2.70. The van der Waals surface area contributed by atoms with Gasteiger partial charge < -0.3 is 9.72 Å². The Hall–Kier alpha value is -1.06. The molecule has 0 saturated carbocycles. The van der Waals surface area contributed by atoms with Crippen LogP contribution in [0.4, 0.5) is 0 Å². The molecule has 0 aliphatic carbocycles. The van der Waals surface area contributed by atoms with Crippen molar-refractivity contribution >= 4 is 22.6 Å². The van der Waals surface area contributed by atoms with Crippen LogP contribution in [0.1, 0.15) is 30.7 Å². The molecule has 92 valence electrons. The topological polar surface area (TPSA) is 37.9 Å². The summed E-state index contributed by atoms with van der Waals surface area (Å²) in [4.78, 5) is 7.77. The summed E-state index contributed by atoms with van der Waals surface area (Å²) in [5.74, 6) is 0. The van der Waals surface area contributed by atoms with E-state index in [0.717, 1.165) is 35.3 Å². The van der Waals surface area contributed by atoms with Gasteiger partial charge in [0.25, 0.3) is 0 Å². The SMILES string of the molecule is CC.Cc1cc2[nH]c3c(c2nc1Cl)CCOC3. The quantitative estimate of drug-likeness (QED) is 0.727. The molecule has 1 N–H and O–H groups in total. The number of aromatic amines is 1. The highest BCUT2D eigenvalue weighted by Gasteiger charge is 2.17. The average molecular weight is 253 g/mol. The summed E-state index contributed by atoms with van der Waals surface area (Å²) in [5.41, 5.74) is 5.48. The normalized spacial score (nSPS) is 14.1. The van der Waals surface area contributed by atoms with E-state index in [2.05, 4.69) is 9.97 Å². The molecule has 2 aromatic rings. The zero-order valence-electron chi connectivity index (χ0n) is 10.4. The fourth-order valence-corrected chi connectivity index (χ4v) is 2.18. The maximum atomic E-state index is 6.03. The van der Waals surface area contributed by atoms with Crippen LogP contribution in [-0.2, 0) is 17.8 Å². The summed E-state index contributed by atoms with van der Waals surface area (Å²) in [5, 5.41) is 0.593. The van der Waals surface area contributed by atoms with E-state index in [1.54, 1.807) is 0 Å². The minimum absolute atomic E-state index is 0.593. The standard InChI is InChI=1S/C11H11ClN2O.C2H6/c1-6-4-8-10(14-11(6)12)7-2-3-15-5-9(7)13-8;1-2/h4,13H,2-3,5H2,1H3;1-2H3. The molecule has 0 fully saturated rings. The summed E-state index contributed by atoms with van der Waals surface area (Å²) in [6.07, 6.45) is 0.918. The largest absolute Gasteiger partial charge is 0.375 e. The first-order chi connectivity index (χ1) is 8.25. The van der Waals surface area contributed by atoms with Gasteiger partial charge in [0, 0.05) is 11.3 Å². The van der Waals surface area contributed by atoms with Gasteiger partial charge in [-0.15, -0.1) is 0 Å². The van der Waals surface area contributed by atoms with Gasteiger partial charge in [0.05, 0.1) is 24.2 Å². The third-order valence-corrected chi connectivity index (χ3v) is 3.21. The van der Waals surface area contributed by atoms with Crippen molar-refractivity contribution in [2.24, 2.45) is 0 Å². The molecule has 0 amide bonds. The first-order valence-corrected chi connectivity index (χ1v) is 6.38. The van der Waals surface area contributed by atoms with Crippen LogP contribution in [0, 0.1) is 6.92 Å². The van der Waals surface area contributed by atoms with Crippen molar-refractivity contribution in [2.75, 3.05) is 6.61 Å². The maximum absolute atomic E-state index is 6.03. The van der Waals surface area contributed by atoms with Gasteiger partial charge in [0.15, 0.2) is 0 Å². The molecule has 0 unspecified atom stereocenters. The third kappa shape index (κ3) is 2.17. The Labute approximate surface area is 106 Å². The van der Waals surface area contributed by atoms with Crippen LogP contribution in [-0.4, -0.2) is 16.6 Å². The number of ether oxygens (including phenoxy) is 1. The highest BCUT2D eigenvalue weighted by atomic mass is 35.5. The molecule has 4 heteroatoms. The van der Waals surface area contributed by atoms with Crippen molar-refractivity contribution in [3.8, 4) is 0 Å². The molecule has 3 rings (SSSR count). The Kier molecular flexibility index (Phi) is 3.69. The van der Waals surface area contributed by atoms with E-state index in [4.69, 9.17) is 16.3 Å². The third-order valence-electron chi connectivity index (χ3n) is 2.83. The van der Waals surface area contributed by atoms with Gasteiger partial charge >= 0.3 is 0 Å². The molecule has 0 atom stereocenters. The van der Waals surface area contributed by atoms with Crippen molar-refractivity contribution in [2.45, 2.75) is 33.8 Å². The van der Waals surface area contributed by atoms with E-state index in [-0.39, 0.29) is 0 Å². The molecular weight excluding hydrogens is 236 g/mol. The molecule has 0 saturated heterocycles. The number of hydrogen-bond donors (Lipinski definition) is 1. The van der Waals surface area contributed by atoms with E-state index in [0.29, 0.717) is 11.8 Å². The number of aryl methyl sites for hydroxylation is 1. The zero-order valence-corrected chi connectivity index (χ0v) is 11.2. The number of H-pyrrole nitrogens is 1. The maximum Gasteiger partial charge on any atom is 0.132 e. The lowest BCUT2D eigenvalue weighted by molar-refractivity contribution is 0.109. The van der Waals surface area contributed by atoms with E-state index in [9.17, 15) is 0 Å². The van der Waals surface area contributed by atoms with Gasteiger partial charge in [-0.25, -0.2) is 4.98 Å². The molecule has 17 heavy (non-hydrogen) atoms. The van der Waals surface area contributed by atoms with Crippen LogP contribution < -0.4 is 0 Å². The molecule has 2 aromatic heterocycles. The summed E-state index contributed by atoms with van der Waals surface area (Å²) < 4.78 is 5.39. The highest BCUT2D eigenvalue weighted by Crippen LogP contribution is 2.27. The number of hydrogen-bond acceptors (Lipinski definition) is 2. The van der Waals surface area contributed by atoms with E-state index in [1.165, 1.54) is 5.56 Å². The van der Waals surface area contributed by atoms with Gasteiger partial charge in [0.1, 0.15) is 5.15 Å². The summed E-state index contributed by atoms with van der Waals surface area (Å²) in [7, 11) is 0. The first-order valence-electron chi connectivity index (χ1n) is 6.00. The monoisotopic (exact) mass is 252 g/mol. The second kappa shape index (κ2) is 5.07. The lowest BCUT2D eigenvalue weighted by atomic mass is 10.1. The molecule has 0 bridgehead atoms. The zero-order chi connectivity index (χ0) is 12.4. The van der Waals surface area contributed by atoms with Crippen LogP contribution in [0.15, 0.2) is 6.07 Å². The predicted octanol–water partition coefficient (Wildman–Crippen LogP) is 3.62. The fourth-order valence-electron chi connectivity index (χ4n) is 2.04. The molecular formula is C13H17ClN2O. The van der Waals surface area contributed by atoms with Crippen LogP contribution in [0.25, 0.3) is 11.0 Å². The van der Waals surface area contributed by atoms with Gasteiger partial charge in [0.2, 0.25) is 0 Å². The van der Waals surface area contributed by atoms with E-state index in [1.807, 2.05) is 26.8 Å². The second-order valence-electron chi connectivity index (χ2n) is 3.88. The van der Waals surface area contributed by atoms with Gasteiger partial charge in [-0.05, 0) is 25.0 Å². The Morgan fingerprint density at radius 3 is 2.94 bits per heavy atom. The molecule has 3 heterocycles. The van der Waals surface area contributed by atoms with Crippen LogP contribution >= 0.6 is 11.6 Å². The second-order valence-corrected chi connectivity index (χ2v) is 4.23. The minimum Gasteiger partial charge on any atom is -0.375 e. The number of aromatic nitrogens is 2. The number of fused-ring (bicyclic) bond motifs is 3. The summed E-state index contributed by atoms with van der Waals surface area (Å²) in [6, 6.07) is 2.04. The Morgan fingerprint density at radius 2 is 2.18 bits per heavy atom. The van der Waals surface area contributed by atoms with Crippen molar-refractivity contribution in [3.05, 3.63) is 28.0 Å². The number of nitrogens with one attached hydrogen (secondary N) is 1. The molecule has 1 aliphatic heterocycles. The van der Waals surface area contributed by atoms with Crippen molar-refractivity contribution in [1.29, 1.82) is 0 Å². The number of pyridine rings is 1. The molecule has 0 spiro atoms. The lowest BCUT2D eigenvalue weighted by Crippen LogP contribution is -2.08. The lowest BCUT2D eigenvalue weighted by Gasteiger charge is -2.11. The molecule has 3 nitrogen and oxygen atoms in total. The number of halogens is 1.